The number of nitrogens with one attached hydrogen (secondary N) is 1. The Hall–Kier alpha value is -1.32. The topological polar surface area (TPSA) is 55.1 Å². The molecule has 1 heterocycles. The van der Waals surface area contributed by atoms with Gasteiger partial charge in [0.05, 0.1) is 5.69 Å². The minimum atomic E-state index is -0.0475. The highest BCUT2D eigenvalue weighted by Gasteiger charge is 2.16. The van der Waals surface area contributed by atoms with Crippen LogP contribution in [0.2, 0.25) is 0 Å². The number of nitrogens with zero attached hydrogens (tertiary/aromatic N) is 1. The van der Waals surface area contributed by atoms with E-state index in [0.717, 1.165) is 5.69 Å². The van der Waals surface area contributed by atoms with Crippen LogP contribution in [-0.4, -0.2) is 11.1 Å². The molecular weight excluding hydrogens is 180 g/mol. The first-order chi connectivity index (χ1) is 6.37. The highest BCUT2D eigenvalue weighted by Crippen LogP contribution is 2.19. The summed E-state index contributed by atoms with van der Waals surface area (Å²) in [5, 5.41) is 6.33. The van der Waals surface area contributed by atoms with E-state index in [0.29, 0.717) is 12.3 Å². The Morgan fingerprint density at radius 2 is 2.21 bits per heavy atom. The predicted molar refractivity (Wildman–Crippen MR) is 53.9 cm³/mol. The van der Waals surface area contributed by atoms with Gasteiger partial charge in [0.25, 0.3) is 0 Å². The van der Waals surface area contributed by atoms with Crippen molar-refractivity contribution in [3.63, 3.8) is 0 Å². The van der Waals surface area contributed by atoms with Crippen molar-refractivity contribution in [3.05, 3.63) is 11.8 Å². The van der Waals surface area contributed by atoms with Crippen molar-refractivity contribution in [3.8, 4) is 0 Å². The van der Waals surface area contributed by atoms with E-state index in [1.54, 1.807) is 6.07 Å². The fourth-order valence-corrected chi connectivity index (χ4v) is 1.09. The molecule has 0 bridgehead atoms. The van der Waals surface area contributed by atoms with Gasteiger partial charge in [-0.1, -0.05) is 25.9 Å². The molecule has 0 aliphatic carbocycles. The van der Waals surface area contributed by atoms with Crippen LogP contribution in [0.5, 0.6) is 0 Å². The summed E-state index contributed by atoms with van der Waals surface area (Å²) < 4.78 is 4.87. The van der Waals surface area contributed by atoms with Gasteiger partial charge in [-0.3, -0.25) is 10.1 Å². The molecule has 1 N–H and O–H groups in total. The summed E-state index contributed by atoms with van der Waals surface area (Å²) in [6.07, 6.45) is 0.465. The van der Waals surface area contributed by atoms with Crippen LogP contribution in [0.15, 0.2) is 10.6 Å². The second kappa shape index (κ2) is 3.82. The Labute approximate surface area is 83.7 Å². The summed E-state index contributed by atoms with van der Waals surface area (Å²) in [5.74, 6) is 0.366. The summed E-state index contributed by atoms with van der Waals surface area (Å²) in [6, 6.07) is 1.69. The summed E-state index contributed by atoms with van der Waals surface area (Å²) in [7, 11) is 0. The van der Waals surface area contributed by atoms with Crippen molar-refractivity contribution in [1.29, 1.82) is 0 Å². The van der Waals surface area contributed by atoms with Crippen LogP contribution in [0.1, 0.15) is 32.9 Å². The Morgan fingerprint density at radius 3 is 2.64 bits per heavy atom. The molecule has 0 aliphatic rings. The van der Waals surface area contributed by atoms with E-state index in [4.69, 9.17) is 4.52 Å². The number of carbonyl (C=O) groups is 1. The van der Waals surface area contributed by atoms with Crippen molar-refractivity contribution in [1.82, 2.24) is 5.16 Å². The minimum absolute atomic E-state index is 0.0147. The van der Waals surface area contributed by atoms with Gasteiger partial charge in [-0.2, -0.15) is 0 Å². The lowest BCUT2D eigenvalue weighted by atomic mass is 9.92. The van der Waals surface area contributed by atoms with Gasteiger partial charge in [-0.15, -0.1) is 0 Å². The number of aryl methyl sites for hydroxylation is 1. The van der Waals surface area contributed by atoms with Gasteiger partial charge in [0.2, 0.25) is 11.8 Å². The summed E-state index contributed by atoms with van der Waals surface area (Å²) in [6.45, 7) is 7.84. The standard InChI is InChI=1S/C10H16N2O2/c1-7-5-9(14-12-7)11-8(13)6-10(2,3)4/h5H,6H2,1-4H3,(H,11,13). The molecule has 0 atom stereocenters. The Balaban J connectivity index is 2.50. The molecule has 0 unspecified atom stereocenters. The van der Waals surface area contributed by atoms with Gasteiger partial charge < -0.3 is 4.52 Å². The molecule has 0 aromatic carbocycles. The van der Waals surface area contributed by atoms with Crippen LogP contribution >= 0.6 is 0 Å². The highest BCUT2D eigenvalue weighted by atomic mass is 16.5. The van der Waals surface area contributed by atoms with Crippen molar-refractivity contribution in [2.24, 2.45) is 5.41 Å². The molecule has 1 aromatic heterocycles. The largest absolute Gasteiger partial charge is 0.338 e. The van der Waals surface area contributed by atoms with Gasteiger partial charge in [-0.05, 0) is 12.3 Å². The third-order valence-corrected chi connectivity index (χ3v) is 1.58. The number of hydrogen-bond donors (Lipinski definition) is 1. The molecule has 78 valence electrons. The van der Waals surface area contributed by atoms with Crippen molar-refractivity contribution in [2.45, 2.75) is 34.1 Å². The van der Waals surface area contributed by atoms with Gasteiger partial charge in [0.15, 0.2) is 0 Å². The fraction of sp³-hybridized carbons (Fsp3) is 0.600. The van der Waals surface area contributed by atoms with Crippen LogP contribution in [0, 0.1) is 12.3 Å². The van der Waals surface area contributed by atoms with Gasteiger partial charge >= 0.3 is 0 Å². The van der Waals surface area contributed by atoms with E-state index in [1.807, 2.05) is 27.7 Å². The first-order valence-corrected chi connectivity index (χ1v) is 4.60. The molecule has 0 radical (unpaired) electrons. The van der Waals surface area contributed by atoms with E-state index < -0.39 is 0 Å². The van der Waals surface area contributed by atoms with Crippen LogP contribution < -0.4 is 5.32 Å². The van der Waals surface area contributed by atoms with Crippen LogP contribution in [0.25, 0.3) is 0 Å². The normalized spacial score (nSPS) is 11.4. The van der Waals surface area contributed by atoms with Crippen molar-refractivity contribution in [2.75, 3.05) is 5.32 Å². The Bertz CT molecular complexity index is 323. The number of anilines is 1. The van der Waals surface area contributed by atoms with Gasteiger partial charge in [0, 0.05) is 12.5 Å². The average Bonchev–Trinajstić information content (AvgIpc) is 2.30. The predicted octanol–water partition coefficient (Wildman–Crippen LogP) is 2.36. The molecule has 0 saturated carbocycles. The SMILES string of the molecule is Cc1cc(NC(=O)CC(C)(C)C)on1. The monoisotopic (exact) mass is 196 g/mol. The maximum atomic E-state index is 11.4. The molecule has 0 saturated heterocycles. The molecule has 0 aliphatic heterocycles. The molecule has 1 amide bonds. The lowest BCUT2D eigenvalue weighted by Gasteiger charge is -2.16. The number of carbonyl (C=O) groups excluding carboxylic acids is 1. The number of rotatable bonds is 2. The Kier molecular flexibility index (Phi) is 2.93. The fourth-order valence-electron chi connectivity index (χ4n) is 1.09. The molecule has 4 heteroatoms. The first kappa shape index (κ1) is 10.8. The number of amides is 1. The van der Waals surface area contributed by atoms with E-state index in [1.165, 1.54) is 0 Å². The quantitative estimate of drug-likeness (QED) is 0.790. The van der Waals surface area contributed by atoms with Crippen LogP contribution in [-0.2, 0) is 4.79 Å². The average molecular weight is 196 g/mol. The minimum Gasteiger partial charge on any atom is -0.338 e. The zero-order chi connectivity index (χ0) is 10.8. The second-order valence-corrected chi connectivity index (χ2v) is 4.62. The maximum Gasteiger partial charge on any atom is 0.231 e. The van der Waals surface area contributed by atoms with E-state index in [9.17, 15) is 4.79 Å². The van der Waals surface area contributed by atoms with Crippen LogP contribution in [0.3, 0.4) is 0 Å². The molecular formula is C10H16N2O2. The molecule has 4 nitrogen and oxygen atoms in total. The number of hydrogen-bond acceptors (Lipinski definition) is 3. The number of aromatic nitrogens is 1. The smallest absolute Gasteiger partial charge is 0.231 e. The molecule has 1 rings (SSSR count). The Morgan fingerprint density at radius 1 is 1.57 bits per heavy atom. The maximum absolute atomic E-state index is 11.4. The first-order valence-electron chi connectivity index (χ1n) is 4.60. The third-order valence-electron chi connectivity index (χ3n) is 1.58. The summed E-state index contributed by atoms with van der Waals surface area (Å²) in [4.78, 5) is 11.4. The van der Waals surface area contributed by atoms with Gasteiger partial charge in [-0.25, -0.2) is 0 Å². The lowest BCUT2D eigenvalue weighted by Crippen LogP contribution is -2.19. The van der Waals surface area contributed by atoms with E-state index >= 15 is 0 Å². The van der Waals surface area contributed by atoms with Crippen molar-refractivity contribution >= 4 is 11.8 Å². The third kappa shape index (κ3) is 3.60. The zero-order valence-electron chi connectivity index (χ0n) is 9.05. The van der Waals surface area contributed by atoms with E-state index in [-0.39, 0.29) is 11.3 Å². The van der Waals surface area contributed by atoms with E-state index in [2.05, 4.69) is 10.5 Å². The van der Waals surface area contributed by atoms with Crippen molar-refractivity contribution < 1.29 is 9.32 Å². The molecule has 0 spiro atoms. The molecule has 0 fully saturated rings. The summed E-state index contributed by atoms with van der Waals surface area (Å²) >= 11 is 0. The summed E-state index contributed by atoms with van der Waals surface area (Å²) in [5.41, 5.74) is 0.746. The lowest BCUT2D eigenvalue weighted by molar-refractivity contribution is -0.117. The second-order valence-electron chi connectivity index (χ2n) is 4.62. The van der Waals surface area contributed by atoms with Crippen LogP contribution in [0.4, 0.5) is 5.88 Å². The molecule has 1 aromatic rings. The highest BCUT2D eigenvalue weighted by molar-refractivity contribution is 5.89. The molecule has 14 heavy (non-hydrogen) atoms. The zero-order valence-corrected chi connectivity index (χ0v) is 9.05. The van der Waals surface area contributed by atoms with Gasteiger partial charge in [0.1, 0.15) is 0 Å².